The molecule has 3 heterocycles. The first kappa shape index (κ1) is 16.4. The summed E-state index contributed by atoms with van der Waals surface area (Å²) in [4.78, 5) is 14.8. The highest BCUT2D eigenvalue weighted by Gasteiger charge is 2.38. The molecule has 2 fully saturated rings. The highest BCUT2D eigenvalue weighted by Crippen LogP contribution is 2.28. The smallest absolute Gasteiger partial charge is 0.241 e. The van der Waals surface area contributed by atoms with Gasteiger partial charge in [0.2, 0.25) is 15.9 Å². The topological polar surface area (TPSA) is 86.4 Å². The standard InChI is InChI=1S/C15H24N4O3S/c1-23(21,22)19-10-3-2-6-14(19)15(20)18-9-4-5-12(11-18)13-7-8-16-17-13/h7-8,12,14H,2-6,9-11H2,1H3,(H,16,17)/t12-,14+/m1/s1. The Balaban J connectivity index is 1.73. The van der Waals surface area contributed by atoms with Crippen LogP contribution in [0.2, 0.25) is 0 Å². The number of carbonyl (C=O) groups is 1. The monoisotopic (exact) mass is 340 g/mol. The zero-order valence-corrected chi connectivity index (χ0v) is 14.3. The molecule has 0 aliphatic carbocycles. The lowest BCUT2D eigenvalue weighted by Crippen LogP contribution is -2.54. The molecule has 128 valence electrons. The van der Waals surface area contributed by atoms with Gasteiger partial charge < -0.3 is 4.90 Å². The summed E-state index contributed by atoms with van der Waals surface area (Å²) < 4.78 is 25.3. The fraction of sp³-hybridized carbons (Fsp3) is 0.733. The number of likely N-dealkylation sites (tertiary alicyclic amines) is 1. The van der Waals surface area contributed by atoms with Crippen molar-refractivity contribution in [1.82, 2.24) is 19.4 Å². The molecule has 2 aliphatic heterocycles. The largest absolute Gasteiger partial charge is 0.341 e. The van der Waals surface area contributed by atoms with E-state index in [1.54, 1.807) is 6.20 Å². The van der Waals surface area contributed by atoms with Crippen LogP contribution in [0.1, 0.15) is 43.7 Å². The second-order valence-electron chi connectivity index (χ2n) is 6.52. The lowest BCUT2D eigenvalue weighted by molar-refractivity contribution is -0.137. The molecule has 0 spiro atoms. The van der Waals surface area contributed by atoms with Crippen molar-refractivity contribution in [3.63, 3.8) is 0 Å². The van der Waals surface area contributed by atoms with E-state index in [1.807, 2.05) is 11.0 Å². The molecule has 1 aromatic heterocycles. The molecule has 2 aliphatic rings. The summed E-state index contributed by atoms with van der Waals surface area (Å²) in [6.45, 7) is 1.79. The molecule has 0 unspecified atom stereocenters. The number of hydrogen-bond donors (Lipinski definition) is 1. The van der Waals surface area contributed by atoms with Crippen LogP contribution in [0.5, 0.6) is 0 Å². The van der Waals surface area contributed by atoms with Crippen LogP contribution < -0.4 is 0 Å². The Morgan fingerprint density at radius 3 is 2.78 bits per heavy atom. The molecule has 23 heavy (non-hydrogen) atoms. The summed E-state index contributed by atoms with van der Waals surface area (Å²) in [6.07, 6.45) is 7.23. The van der Waals surface area contributed by atoms with Gasteiger partial charge in [0.25, 0.3) is 0 Å². The van der Waals surface area contributed by atoms with Gasteiger partial charge in [0.15, 0.2) is 0 Å². The van der Waals surface area contributed by atoms with Crippen molar-refractivity contribution in [2.75, 3.05) is 25.9 Å². The maximum Gasteiger partial charge on any atom is 0.241 e. The van der Waals surface area contributed by atoms with E-state index >= 15 is 0 Å². The number of carbonyl (C=O) groups excluding carboxylic acids is 1. The van der Waals surface area contributed by atoms with E-state index in [2.05, 4.69) is 10.2 Å². The molecule has 8 heteroatoms. The van der Waals surface area contributed by atoms with Gasteiger partial charge >= 0.3 is 0 Å². The number of nitrogens with one attached hydrogen (secondary N) is 1. The first-order valence-electron chi connectivity index (χ1n) is 8.21. The first-order valence-corrected chi connectivity index (χ1v) is 10.1. The minimum absolute atomic E-state index is 0.0423. The van der Waals surface area contributed by atoms with Crippen LogP contribution >= 0.6 is 0 Å². The van der Waals surface area contributed by atoms with Crippen molar-refractivity contribution in [1.29, 1.82) is 0 Å². The lowest BCUT2D eigenvalue weighted by atomic mass is 9.93. The molecule has 2 atom stereocenters. The summed E-state index contributed by atoms with van der Waals surface area (Å²) in [7, 11) is -3.35. The number of rotatable bonds is 3. The van der Waals surface area contributed by atoms with Gasteiger partial charge in [-0.05, 0) is 31.7 Å². The summed E-state index contributed by atoms with van der Waals surface area (Å²) >= 11 is 0. The van der Waals surface area contributed by atoms with Crippen LogP contribution in [-0.2, 0) is 14.8 Å². The third-order valence-corrected chi connectivity index (χ3v) is 6.15. The molecule has 1 aromatic rings. The van der Waals surface area contributed by atoms with Crippen molar-refractivity contribution in [3.8, 4) is 0 Å². The maximum atomic E-state index is 12.9. The second-order valence-corrected chi connectivity index (χ2v) is 8.46. The summed E-state index contributed by atoms with van der Waals surface area (Å²) in [6, 6.07) is 1.42. The quantitative estimate of drug-likeness (QED) is 0.887. The fourth-order valence-corrected chi connectivity index (χ4v) is 4.80. The molecule has 0 aromatic carbocycles. The van der Waals surface area contributed by atoms with E-state index in [1.165, 1.54) is 10.6 Å². The first-order chi connectivity index (χ1) is 11.0. The number of aromatic nitrogens is 2. The van der Waals surface area contributed by atoms with E-state index in [-0.39, 0.29) is 11.8 Å². The number of aromatic amines is 1. The Kier molecular flexibility index (Phi) is 4.72. The predicted octanol–water partition coefficient (Wildman–Crippen LogP) is 0.930. The predicted molar refractivity (Wildman–Crippen MR) is 86.3 cm³/mol. The van der Waals surface area contributed by atoms with Gasteiger partial charge in [0.05, 0.1) is 6.26 Å². The maximum absolute atomic E-state index is 12.9. The molecule has 0 saturated carbocycles. The zero-order valence-electron chi connectivity index (χ0n) is 13.4. The van der Waals surface area contributed by atoms with Crippen molar-refractivity contribution in [2.24, 2.45) is 0 Å². The van der Waals surface area contributed by atoms with Crippen LogP contribution in [0.3, 0.4) is 0 Å². The zero-order chi connectivity index (χ0) is 16.4. The minimum atomic E-state index is -3.35. The third kappa shape index (κ3) is 3.58. The van der Waals surface area contributed by atoms with Gasteiger partial charge in [-0.1, -0.05) is 6.42 Å². The Morgan fingerprint density at radius 1 is 1.26 bits per heavy atom. The lowest BCUT2D eigenvalue weighted by Gasteiger charge is -2.39. The molecule has 3 rings (SSSR count). The number of nitrogens with zero attached hydrogens (tertiary/aromatic N) is 3. The van der Waals surface area contributed by atoms with E-state index in [0.29, 0.717) is 26.1 Å². The molecule has 1 N–H and O–H groups in total. The van der Waals surface area contributed by atoms with Crippen LogP contribution in [0, 0.1) is 0 Å². The highest BCUT2D eigenvalue weighted by atomic mass is 32.2. The van der Waals surface area contributed by atoms with Gasteiger partial charge in [-0.15, -0.1) is 0 Å². The second kappa shape index (κ2) is 6.60. The van der Waals surface area contributed by atoms with Gasteiger partial charge in [-0.25, -0.2) is 8.42 Å². The summed E-state index contributed by atoms with van der Waals surface area (Å²) in [5, 5.41) is 6.97. The minimum Gasteiger partial charge on any atom is -0.341 e. The van der Waals surface area contributed by atoms with Crippen molar-refractivity contribution < 1.29 is 13.2 Å². The van der Waals surface area contributed by atoms with Crippen LogP contribution in [0.4, 0.5) is 0 Å². The third-order valence-electron chi connectivity index (χ3n) is 4.86. The number of hydrogen-bond acceptors (Lipinski definition) is 4. The number of sulfonamides is 1. The Morgan fingerprint density at radius 2 is 2.09 bits per heavy atom. The van der Waals surface area contributed by atoms with Crippen LogP contribution in [0.25, 0.3) is 0 Å². The molecule has 0 radical (unpaired) electrons. The average Bonchev–Trinajstić information content (AvgIpc) is 3.08. The van der Waals surface area contributed by atoms with E-state index < -0.39 is 16.1 Å². The molecular weight excluding hydrogens is 316 g/mol. The average molecular weight is 340 g/mol. The van der Waals surface area contributed by atoms with E-state index in [4.69, 9.17) is 0 Å². The molecule has 1 amide bonds. The highest BCUT2D eigenvalue weighted by molar-refractivity contribution is 7.88. The SMILES string of the molecule is CS(=O)(=O)N1CCCC[C@H]1C(=O)N1CCC[C@@H](c2ccn[nH]2)C1. The number of H-pyrrole nitrogens is 1. The number of amides is 1. The fourth-order valence-electron chi connectivity index (χ4n) is 3.68. The molecule has 2 saturated heterocycles. The summed E-state index contributed by atoms with van der Waals surface area (Å²) in [5.74, 6) is 0.213. The number of piperidine rings is 2. The van der Waals surface area contributed by atoms with Gasteiger partial charge in [-0.3, -0.25) is 9.89 Å². The van der Waals surface area contributed by atoms with Crippen molar-refractivity contribution in [2.45, 2.75) is 44.1 Å². The van der Waals surface area contributed by atoms with E-state index in [9.17, 15) is 13.2 Å². The van der Waals surface area contributed by atoms with Gasteiger partial charge in [0, 0.05) is 37.4 Å². The van der Waals surface area contributed by atoms with Crippen LogP contribution in [-0.4, -0.2) is 65.7 Å². The van der Waals surface area contributed by atoms with E-state index in [0.717, 1.165) is 31.4 Å². The van der Waals surface area contributed by atoms with Crippen LogP contribution in [0.15, 0.2) is 12.3 Å². The Hall–Kier alpha value is -1.41. The Bertz CT molecular complexity index is 644. The summed E-state index contributed by atoms with van der Waals surface area (Å²) in [5.41, 5.74) is 1.05. The van der Waals surface area contributed by atoms with Crippen molar-refractivity contribution in [3.05, 3.63) is 18.0 Å². The normalized spacial score (nSPS) is 27.1. The Labute approximate surface area is 137 Å². The van der Waals surface area contributed by atoms with Crippen molar-refractivity contribution >= 4 is 15.9 Å². The molecular formula is C15H24N4O3S. The molecule has 0 bridgehead atoms. The van der Waals surface area contributed by atoms with Gasteiger partial charge in [-0.2, -0.15) is 9.40 Å². The molecule has 7 nitrogen and oxygen atoms in total. The van der Waals surface area contributed by atoms with Gasteiger partial charge in [0.1, 0.15) is 6.04 Å².